The molecule has 0 aromatic carbocycles. The summed E-state index contributed by atoms with van der Waals surface area (Å²) in [5.74, 6) is -5.46. The average Bonchev–Trinajstić information content (AvgIpc) is 2.00. The summed E-state index contributed by atoms with van der Waals surface area (Å²) >= 11 is 0. The Morgan fingerprint density at radius 2 is 1.67 bits per heavy atom. The Balaban J connectivity index is 3.27. The maximum Gasteiger partial charge on any atom is 0.283 e. The zero-order chi connectivity index (χ0) is 9.30. The van der Waals surface area contributed by atoms with Gasteiger partial charge in [0.15, 0.2) is 17.5 Å². The monoisotopic (exact) mass is 183 g/mol. The quantitative estimate of drug-likeness (QED) is 0.609. The van der Waals surface area contributed by atoms with Gasteiger partial charge in [-0.1, -0.05) is 0 Å². The number of aromatic nitrogens is 1. The minimum Gasteiger partial charge on any atom is -0.249 e. The van der Waals surface area contributed by atoms with Gasteiger partial charge in [0.2, 0.25) is 0 Å². The second-order valence-electron chi connectivity index (χ2n) is 1.92. The third-order valence-electron chi connectivity index (χ3n) is 1.15. The maximum absolute atomic E-state index is 12.4. The molecule has 1 heterocycles. The Morgan fingerprint density at radius 1 is 1.08 bits per heavy atom. The van der Waals surface area contributed by atoms with Gasteiger partial charge in [-0.3, -0.25) is 0 Å². The van der Waals surface area contributed by atoms with Crippen molar-refractivity contribution in [3.8, 4) is 0 Å². The van der Waals surface area contributed by atoms with Crippen molar-refractivity contribution >= 4 is 0 Å². The highest BCUT2D eigenvalue weighted by molar-refractivity contribution is 5.11. The molecule has 66 valence electrons. The van der Waals surface area contributed by atoms with E-state index in [-0.39, 0.29) is 6.20 Å². The summed E-state index contributed by atoms with van der Waals surface area (Å²) in [5.41, 5.74) is -1.38. The molecule has 12 heavy (non-hydrogen) atoms. The van der Waals surface area contributed by atoms with E-state index in [4.69, 9.17) is 0 Å². The molecule has 6 heteroatoms. The normalized spacial score (nSPS) is 10.8. The predicted molar refractivity (Wildman–Crippen MR) is 29.1 cm³/mol. The topological polar surface area (TPSA) is 12.9 Å². The molecule has 0 fully saturated rings. The summed E-state index contributed by atoms with van der Waals surface area (Å²) in [6, 6.07) is 0. The molecule has 0 radical (unpaired) electrons. The SMILES string of the molecule is Fc1cnc(C(F)F)c(F)c1F. The van der Waals surface area contributed by atoms with Gasteiger partial charge in [-0.05, 0) is 0 Å². The van der Waals surface area contributed by atoms with Crippen molar-refractivity contribution < 1.29 is 22.0 Å². The second-order valence-corrected chi connectivity index (χ2v) is 1.92. The van der Waals surface area contributed by atoms with Gasteiger partial charge in [0, 0.05) is 0 Å². The van der Waals surface area contributed by atoms with E-state index in [0.29, 0.717) is 0 Å². The van der Waals surface area contributed by atoms with Crippen LogP contribution < -0.4 is 0 Å². The maximum atomic E-state index is 12.4. The zero-order valence-corrected chi connectivity index (χ0v) is 5.49. The van der Waals surface area contributed by atoms with Crippen LogP contribution in [-0.4, -0.2) is 4.98 Å². The minimum atomic E-state index is -3.25. The van der Waals surface area contributed by atoms with Crippen molar-refractivity contribution in [3.05, 3.63) is 29.3 Å². The van der Waals surface area contributed by atoms with Gasteiger partial charge in [-0.2, -0.15) is 0 Å². The lowest BCUT2D eigenvalue weighted by molar-refractivity contribution is 0.138. The molecule has 0 saturated heterocycles. The molecular weight excluding hydrogens is 181 g/mol. The highest BCUT2D eigenvalue weighted by atomic mass is 19.3. The van der Waals surface area contributed by atoms with Crippen molar-refractivity contribution in [2.75, 3.05) is 0 Å². The number of hydrogen-bond acceptors (Lipinski definition) is 1. The molecule has 1 nitrogen and oxygen atoms in total. The fraction of sp³-hybridized carbons (Fsp3) is 0.167. The van der Waals surface area contributed by atoms with Crippen molar-refractivity contribution in [2.45, 2.75) is 6.43 Å². The van der Waals surface area contributed by atoms with Crippen LogP contribution in [0.3, 0.4) is 0 Å². The molecule has 0 spiro atoms. The fourth-order valence-corrected chi connectivity index (χ4v) is 0.609. The highest BCUT2D eigenvalue weighted by Crippen LogP contribution is 2.21. The third kappa shape index (κ3) is 1.37. The molecule has 1 rings (SSSR count). The van der Waals surface area contributed by atoms with Crippen molar-refractivity contribution in [2.24, 2.45) is 0 Å². The average molecular weight is 183 g/mol. The Kier molecular flexibility index (Phi) is 2.25. The van der Waals surface area contributed by atoms with Crippen molar-refractivity contribution in [1.29, 1.82) is 0 Å². The van der Waals surface area contributed by atoms with E-state index in [9.17, 15) is 22.0 Å². The van der Waals surface area contributed by atoms with Gasteiger partial charge < -0.3 is 0 Å². The fourth-order valence-electron chi connectivity index (χ4n) is 0.609. The lowest BCUT2D eigenvalue weighted by Gasteiger charge is -2.00. The van der Waals surface area contributed by atoms with Crippen LogP contribution in [0.4, 0.5) is 22.0 Å². The number of alkyl halides is 2. The number of halogens is 5. The van der Waals surface area contributed by atoms with E-state index >= 15 is 0 Å². The third-order valence-corrected chi connectivity index (χ3v) is 1.15. The van der Waals surface area contributed by atoms with Gasteiger partial charge >= 0.3 is 0 Å². The highest BCUT2D eigenvalue weighted by Gasteiger charge is 2.21. The largest absolute Gasteiger partial charge is 0.283 e. The lowest BCUT2D eigenvalue weighted by Crippen LogP contribution is -2.01. The Bertz CT molecular complexity index is 298. The standard InChI is InChI=1S/C6H2F5N/c7-2-1-12-5(6(10)11)4(9)3(2)8/h1,6H. The zero-order valence-electron chi connectivity index (χ0n) is 5.49. The Morgan fingerprint density at radius 3 is 2.17 bits per heavy atom. The molecule has 0 aliphatic carbocycles. The van der Waals surface area contributed by atoms with Crippen LogP contribution in [0.15, 0.2) is 6.20 Å². The molecule has 0 aliphatic heterocycles. The van der Waals surface area contributed by atoms with Gasteiger partial charge in [0.25, 0.3) is 6.43 Å². The summed E-state index contributed by atoms with van der Waals surface area (Å²) in [5, 5.41) is 0. The molecule has 0 N–H and O–H groups in total. The first kappa shape index (κ1) is 8.89. The van der Waals surface area contributed by atoms with E-state index in [1.165, 1.54) is 0 Å². The Hall–Kier alpha value is -1.20. The molecule has 1 aromatic heterocycles. The Labute approximate surface area is 63.8 Å². The molecule has 0 atom stereocenters. The summed E-state index contributed by atoms with van der Waals surface area (Å²) < 4.78 is 60.2. The van der Waals surface area contributed by atoms with E-state index in [1.807, 2.05) is 0 Å². The summed E-state index contributed by atoms with van der Waals surface area (Å²) in [4.78, 5) is 2.70. The van der Waals surface area contributed by atoms with Crippen LogP contribution in [0.2, 0.25) is 0 Å². The number of rotatable bonds is 1. The first-order valence-electron chi connectivity index (χ1n) is 2.81. The summed E-state index contributed by atoms with van der Waals surface area (Å²) in [6.45, 7) is 0. The van der Waals surface area contributed by atoms with Gasteiger partial charge in [0.05, 0.1) is 6.20 Å². The number of pyridine rings is 1. The van der Waals surface area contributed by atoms with Crippen LogP contribution in [0.5, 0.6) is 0 Å². The second kappa shape index (κ2) is 3.04. The molecule has 0 saturated carbocycles. The van der Waals surface area contributed by atoms with Crippen LogP contribution in [0.25, 0.3) is 0 Å². The summed E-state index contributed by atoms with van der Waals surface area (Å²) in [6.07, 6.45) is -3.04. The predicted octanol–water partition coefficient (Wildman–Crippen LogP) is 2.44. The first-order chi connectivity index (χ1) is 5.54. The number of hydrogen-bond donors (Lipinski definition) is 0. The van der Waals surface area contributed by atoms with E-state index < -0.39 is 29.6 Å². The summed E-state index contributed by atoms with van der Waals surface area (Å²) in [7, 11) is 0. The first-order valence-corrected chi connectivity index (χ1v) is 2.81. The molecule has 0 unspecified atom stereocenters. The molecule has 1 aromatic rings. The number of nitrogens with zero attached hydrogens (tertiary/aromatic N) is 1. The van der Waals surface area contributed by atoms with Crippen LogP contribution in [-0.2, 0) is 0 Å². The van der Waals surface area contributed by atoms with Crippen molar-refractivity contribution in [1.82, 2.24) is 4.98 Å². The van der Waals surface area contributed by atoms with E-state index in [2.05, 4.69) is 4.98 Å². The van der Waals surface area contributed by atoms with Gasteiger partial charge in [-0.25, -0.2) is 26.9 Å². The van der Waals surface area contributed by atoms with Gasteiger partial charge in [0.1, 0.15) is 5.69 Å². The van der Waals surface area contributed by atoms with Crippen LogP contribution >= 0.6 is 0 Å². The minimum absolute atomic E-state index is 0.208. The molecule has 0 amide bonds. The van der Waals surface area contributed by atoms with Crippen LogP contribution in [0.1, 0.15) is 12.1 Å². The molecule has 0 aliphatic rings. The van der Waals surface area contributed by atoms with Crippen LogP contribution in [0, 0.1) is 17.5 Å². The lowest BCUT2D eigenvalue weighted by atomic mass is 10.3. The van der Waals surface area contributed by atoms with E-state index in [1.54, 1.807) is 0 Å². The van der Waals surface area contributed by atoms with E-state index in [0.717, 1.165) is 0 Å². The smallest absolute Gasteiger partial charge is 0.249 e. The molecule has 0 bridgehead atoms. The van der Waals surface area contributed by atoms with Gasteiger partial charge in [-0.15, -0.1) is 0 Å². The van der Waals surface area contributed by atoms with Crippen molar-refractivity contribution in [3.63, 3.8) is 0 Å². The molecular formula is C6H2F5N.